The summed E-state index contributed by atoms with van der Waals surface area (Å²) in [4.78, 5) is 27.2. The predicted molar refractivity (Wildman–Crippen MR) is 68.9 cm³/mol. The molecule has 20 heavy (non-hydrogen) atoms. The van der Waals surface area contributed by atoms with Crippen LogP contribution in [0.25, 0.3) is 0 Å². The van der Waals surface area contributed by atoms with E-state index in [9.17, 15) is 14.7 Å². The number of aromatic nitrogens is 2. The van der Waals surface area contributed by atoms with Gasteiger partial charge in [-0.05, 0) is 12.8 Å². The molecule has 0 spiro atoms. The van der Waals surface area contributed by atoms with Gasteiger partial charge >= 0.3 is 5.97 Å². The number of amides is 1. The van der Waals surface area contributed by atoms with Crippen LogP contribution in [0.1, 0.15) is 43.8 Å². The number of rotatable bonds is 6. The Morgan fingerprint density at radius 3 is 2.65 bits per heavy atom. The van der Waals surface area contributed by atoms with Crippen molar-refractivity contribution in [3.63, 3.8) is 0 Å². The Bertz CT molecular complexity index is 492. The van der Waals surface area contributed by atoms with Gasteiger partial charge < -0.3 is 14.9 Å². The molecule has 1 aliphatic carbocycles. The zero-order valence-corrected chi connectivity index (χ0v) is 11.5. The minimum Gasteiger partial charge on any atom is -0.481 e. The largest absolute Gasteiger partial charge is 0.481 e. The molecule has 1 fully saturated rings. The van der Waals surface area contributed by atoms with Gasteiger partial charge in [-0.15, -0.1) is 0 Å². The minimum absolute atomic E-state index is 0.0492. The lowest BCUT2D eigenvalue weighted by Gasteiger charge is -2.22. The van der Waals surface area contributed by atoms with Crippen LogP contribution in [0.4, 0.5) is 0 Å². The summed E-state index contributed by atoms with van der Waals surface area (Å²) in [5.74, 6) is -0.0628. The van der Waals surface area contributed by atoms with Crippen LogP contribution in [0, 0.1) is 12.3 Å². The van der Waals surface area contributed by atoms with Crippen LogP contribution in [0.15, 0.2) is 4.52 Å². The van der Waals surface area contributed by atoms with Crippen molar-refractivity contribution in [3.05, 3.63) is 11.7 Å². The Morgan fingerprint density at radius 2 is 2.10 bits per heavy atom. The van der Waals surface area contributed by atoms with Gasteiger partial charge in [0.1, 0.15) is 0 Å². The fourth-order valence-corrected chi connectivity index (χ4v) is 2.64. The number of carbonyl (C=O) groups excluding carboxylic acids is 1. The smallest absolute Gasteiger partial charge is 0.310 e. The average molecular weight is 281 g/mol. The fourth-order valence-electron chi connectivity index (χ4n) is 2.64. The van der Waals surface area contributed by atoms with Crippen molar-refractivity contribution in [1.29, 1.82) is 0 Å². The summed E-state index contributed by atoms with van der Waals surface area (Å²) in [5.41, 5.74) is -0.868. The highest BCUT2D eigenvalue weighted by Crippen LogP contribution is 2.41. The van der Waals surface area contributed by atoms with E-state index in [1.165, 1.54) is 0 Å². The number of nitrogens with zero attached hydrogens (tertiary/aromatic N) is 2. The monoisotopic (exact) mass is 281 g/mol. The van der Waals surface area contributed by atoms with Crippen molar-refractivity contribution in [2.24, 2.45) is 5.41 Å². The molecule has 2 N–H and O–H groups in total. The summed E-state index contributed by atoms with van der Waals surface area (Å²) in [7, 11) is 0. The third kappa shape index (κ3) is 3.34. The highest BCUT2D eigenvalue weighted by atomic mass is 16.5. The van der Waals surface area contributed by atoms with Gasteiger partial charge in [-0.3, -0.25) is 9.59 Å². The maximum atomic E-state index is 11.9. The van der Waals surface area contributed by atoms with E-state index in [1.807, 2.05) is 0 Å². The molecular formula is C13H19N3O4. The second-order valence-electron chi connectivity index (χ2n) is 5.30. The minimum atomic E-state index is -0.868. The van der Waals surface area contributed by atoms with Crippen LogP contribution in [-0.2, 0) is 16.0 Å². The molecular weight excluding hydrogens is 262 g/mol. The number of carboxylic acids is 1. The van der Waals surface area contributed by atoms with Crippen LogP contribution in [-0.4, -0.2) is 33.7 Å². The molecule has 0 unspecified atom stereocenters. The molecule has 7 heteroatoms. The van der Waals surface area contributed by atoms with E-state index >= 15 is 0 Å². The van der Waals surface area contributed by atoms with Crippen molar-refractivity contribution < 1.29 is 19.2 Å². The summed E-state index contributed by atoms with van der Waals surface area (Å²) in [5, 5.41) is 15.8. The maximum absolute atomic E-state index is 11.9. The molecule has 1 saturated carbocycles. The van der Waals surface area contributed by atoms with E-state index in [0.717, 1.165) is 12.8 Å². The van der Waals surface area contributed by atoms with Crippen LogP contribution in [0.2, 0.25) is 0 Å². The third-order valence-corrected chi connectivity index (χ3v) is 3.75. The summed E-state index contributed by atoms with van der Waals surface area (Å²) < 4.78 is 4.83. The Hall–Kier alpha value is -1.92. The maximum Gasteiger partial charge on any atom is 0.310 e. The molecule has 0 aromatic carbocycles. The summed E-state index contributed by atoms with van der Waals surface area (Å²) in [6.45, 7) is 2.08. The highest BCUT2D eigenvalue weighted by molar-refractivity contribution is 5.85. The topological polar surface area (TPSA) is 105 Å². The van der Waals surface area contributed by atoms with Gasteiger partial charge in [-0.2, -0.15) is 4.98 Å². The molecule has 110 valence electrons. The third-order valence-electron chi connectivity index (χ3n) is 3.75. The van der Waals surface area contributed by atoms with Gasteiger partial charge in [0.15, 0.2) is 5.82 Å². The standard InChI is InChI=1S/C13H19N3O4/c1-9-15-10(16-20-9)4-7-14-11(17)8-13(12(18)19)5-2-3-6-13/h2-8H2,1H3,(H,14,17)(H,18,19). The van der Waals surface area contributed by atoms with Gasteiger partial charge in [0.05, 0.1) is 5.41 Å². The van der Waals surface area contributed by atoms with E-state index in [-0.39, 0.29) is 12.3 Å². The first-order valence-corrected chi connectivity index (χ1v) is 6.81. The van der Waals surface area contributed by atoms with Crippen molar-refractivity contribution >= 4 is 11.9 Å². The average Bonchev–Trinajstić information content (AvgIpc) is 2.99. The lowest BCUT2D eigenvalue weighted by molar-refractivity contribution is -0.151. The van der Waals surface area contributed by atoms with Crippen LogP contribution >= 0.6 is 0 Å². The van der Waals surface area contributed by atoms with Gasteiger partial charge in [0.25, 0.3) is 0 Å². The van der Waals surface area contributed by atoms with E-state index in [1.54, 1.807) is 6.92 Å². The van der Waals surface area contributed by atoms with Gasteiger partial charge in [0, 0.05) is 26.3 Å². The lowest BCUT2D eigenvalue weighted by Crippen LogP contribution is -2.36. The van der Waals surface area contributed by atoms with E-state index in [0.29, 0.717) is 37.5 Å². The SMILES string of the molecule is Cc1nc(CCNC(=O)CC2(C(=O)O)CCCC2)no1. The fraction of sp³-hybridized carbons (Fsp3) is 0.692. The highest BCUT2D eigenvalue weighted by Gasteiger charge is 2.42. The Morgan fingerprint density at radius 1 is 1.40 bits per heavy atom. The number of nitrogens with one attached hydrogen (secondary N) is 1. The molecule has 1 heterocycles. The molecule has 1 aromatic rings. The molecule has 0 radical (unpaired) electrons. The molecule has 0 saturated heterocycles. The first kappa shape index (κ1) is 14.5. The second-order valence-corrected chi connectivity index (χ2v) is 5.30. The zero-order chi connectivity index (χ0) is 14.6. The first-order chi connectivity index (χ1) is 9.52. The van der Waals surface area contributed by atoms with E-state index < -0.39 is 11.4 Å². The molecule has 0 bridgehead atoms. The van der Waals surface area contributed by atoms with E-state index in [2.05, 4.69) is 15.5 Å². The summed E-state index contributed by atoms with van der Waals surface area (Å²) >= 11 is 0. The number of hydrogen-bond acceptors (Lipinski definition) is 5. The van der Waals surface area contributed by atoms with E-state index in [4.69, 9.17) is 4.52 Å². The lowest BCUT2D eigenvalue weighted by atomic mass is 9.82. The van der Waals surface area contributed by atoms with Crippen molar-refractivity contribution in [1.82, 2.24) is 15.5 Å². The Kier molecular flexibility index (Phi) is 4.36. The van der Waals surface area contributed by atoms with Crippen molar-refractivity contribution in [2.45, 2.75) is 45.4 Å². The number of hydrogen-bond donors (Lipinski definition) is 2. The molecule has 1 aliphatic rings. The number of carbonyl (C=O) groups is 2. The molecule has 7 nitrogen and oxygen atoms in total. The summed E-state index contributed by atoms with van der Waals surface area (Å²) in [6, 6.07) is 0. The van der Waals surface area contributed by atoms with Gasteiger partial charge in [-0.25, -0.2) is 0 Å². The second kappa shape index (κ2) is 6.02. The quantitative estimate of drug-likeness (QED) is 0.808. The summed E-state index contributed by atoms with van der Waals surface area (Å²) in [6.07, 6.45) is 3.44. The molecule has 1 amide bonds. The zero-order valence-electron chi connectivity index (χ0n) is 11.5. The number of aliphatic carboxylic acids is 1. The van der Waals surface area contributed by atoms with Crippen LogP contribution < -0.4 is 5.32 Å². The van der Waals surface area contributed by atoms with Crippen molar-refractivity contribution in [2.75, 3.05) is 6.54 Å². The normalized spacial score (nSPS) is 17.1. The Balaban J connectivity index is 1.78. The molecule has 2 rings (SSSR count). The predicted octanol–water partition coefficient (Wildman–Crippen LogP) is 1.07. The van der Waals surface area contributed by atoms with Crippen LogP contribution in [0.5, 0.6) is 0 Å². The van der Waals surface area contributed by atoms with Gasteiger partial charge in [0.2, 0.25) is 11.8 Å². The molecule has 0 atom stereocenters. The van der Waals surface area contributed by atoms with Crippen LogP contribution in [0.3, 0.4) is 0 Å². The first-order valence-electron chi connectivity index (χ1n) is 6.81. The number of aryl methyl sites for hydroxylation is 1. The van der Waals surface area contributed by atoms with Crippen molar-refractivity contribution in [3.8, 4) is 0 Å². The molecule has 1 aromatic heterocycles. The molecule has 0 aliphatic heterocycles. The van der Waals surface area contributed by atoms with Gasteiger partial charge in [-0.1, -0.05) is 18.0 Å². The Labute approximate surface area is 116 Å². The number of carboxylic acid groups (broad SMARTS) is 1.